The fourth-order valence-electron chi connectivity index (χ4n) is 1.99. The van der Waals surface area contributed by atoms with Crippen LogP contribution in [-0.2, 0) is 4.79 Å². The van der Waals surface area contributed by atoms with Gasteiger partial charge in [-0.25, -0.2) is 9.97 Å². The third kappa shape index (κ3) is 2.79. The van der Waals surface area contributed by atoms with Crippen LogP contribution in [0.5, 0.6) is 0 Å². The Hall–Kier alpha value is -2.80. The molecule has 0 spiro atoms. The Balaban J connectivity index is 1.97. The van der Waals surface area contributed by atoms with Crippen LogP contribution >= 0.6 is 11.3 Å². The quantitative estimate of drug-likeness (QED) is 0.776. The molecule has 0 bridgehead atoms. The third-order valence-electron chi connectivity index (χ3n) is 3.00. The third-order valence-corrected chi connectivity index (χ3v) is 3.88. The van der Waals surface area contributed by atoms with Crippen LogP contribution in [0.4, 0.5) is 5.13 Å². The first kappa shape index (κ1) is 14.2. The molecule has 2 amide bonds. The molecule has 7 heteroatoms. The van der Waals surface area contributed by atoms with E-state index in [2.05, 4.69) is 15.3 Å². The summed E-state index contributed by atoms with van der Waals surface area (Å²) in [6.45, 7) is 1.44. The Morgan fingerprint density at radius 1 is 1.09 bits per heavy atom. The Morgan fingerprint density at radius 3 is 2.45 bits per heavy atom. The molecular formula is C15H12N4O2S. The number of primary amides is 1. The predicted molar refractivity (Wildman–Crippen MR) is 85.7 cm³/mol. The molecule has 0 unspecified atom stereocenters. The van der Waals surface area contributed by atoms with Gasteiger partial charge in [0.2, 0.25) is 11.8 Å². The molecule has 2 aromatic heterocycles. The van der Waals surface area contributed by atoms with Crippen molar-refractivity contribution >= 4 is 38.6 Å². The first-order chi connectivity index (χ1) is 10.5. The number of nitrogens with two attached hydrogens (primary N) is 1. The van der Waals surface area contributed by atoms with E-state index in [-0.39, 0.29) is 5.91 Å². The molecule has 0 aliphatic carbocycles. The van der Waals surface area contributed by atoms with Crippen LogP contribution in [0.25, 0.3) is 21.6 Å². The Morgan fingerprint density at radius 2 is 1.82 bits per heavy atom. The van der Waals surface area contributed by atoms with Gasteiger partial charge in [0, 0.05) is 18.1 Å². The first-order valence-corrected chi connectivity index (χ1v) is 7.30. The predicted octanol–water partition coefficient (Wildman–Crippen LogP) is 2.42. The molecule has 3 rings (SSSR count). The van der Waals surface area contributed by atoms with Crippen molar-refractivity contribution in [2.45, 2.75) is 6.92 Å². The zero-order chi connectivity index (χ0) is 15.7. The number of nitrogens with one attached hydrogen (secondary N) is 1. The lowest BCUT2D eigenvalue weighted by atomic mass is 10.1. The first-order valence-electron chi connectivity index (χ1n) is 6.48. The molecule has 0 saturated heterocycles. The van der Waals surface area contributed by atoms with Crippen molar-refractivity contribution in [3.8, 4) is 11.3 Å². The van der Waals surface area contributed by atoms with Crippen molar-refractivity contribution in [1.82, 2.24) is 9.97 Å². The van der Waals surface area contributed by atoms with Crippen LogP contribution in [0.2, 0.25) is 0 Å². The van der Waals surface area contributed by atoms with E-state index in [1.54, 1.807) is 24.3 Å². The highest BCUT2D eigenvalue weighted by atomic mass is 32.1. The minimum absolute atomic E-state index is 0.165. The summed E-state index contributed by atoms with van der Waals surface area (Å²) in [5.74, 6) is -0.626. The molecule has 0 aliphatic heterocycles. The second-order valence-corrected chi connectivity index (χ2v) is 5.64. The number of hydrogen-bond acceptors (Lipinski definition) is 5. The topological polar surface area (TPSA) is 98.0 Å². The number of carbonyl (C=O) groups excluding carboxylic acids is 2. The number of benzene rings is 1. The molecule has 0 fully saturated rings. The van der Waals surface area contributed by atoms with Gasteiger partial charge in [0.15, 0.2) is 5.13 Å². The van der Waals surface area contributed by atoms with E-state index in [4.69, 9.17) is 5.73 Å². The second-order valence-electron chi connectivity index (χ2n) is 4.66. The molecule has 22 heavy (non-hydrogen) atoms. The fraction of sp³-hybridized carbons (Fsp3) is 0.0667. The minimum Gasteiger partial charge on any atom is -0.366 e. The average Bonchev–Trinajstić information content (AvgIpc) is 2.87. The van der Waals surface area contributed by atoms with E-state index in [1.807, 2.05) is 12.1 Å². The highest BCUT2D eigenvalue weighted by Crippen LogP contribution is 2.27. The van der Waals surface area contributed by atoms with Crippen molar-refractivity contribution in [3.63, 3.8) is 0 Å². The summed E-state index contributed by atoms with van der Waals surface area (Å²) in [6.07, 6.45) is 0. The number of pyridine rings is 1. The molecular weight excluding hydrogens is 300 g/mol. The van der Waals surface area contributed by atoms with Gasteiger partial charge in [-0.3, -0.25) is 9.59 Å². The summed E-state index contributed by atoms with van der Waals surface area (Å²) in [6, 6.07) is 10.6. The lowest BCUT2D eigenvalue weighted by Gasteiger charge is -2.01. The van der Waals surface area contributed by atoms with Gasteiger partial charge in [-0.05, 0) is 24.3 Å². The van der Waals surface area contributed by atoms with Gasteiger partial charge in [-0.1, -0.05) is 23.5 Å². The second kappa shape index (κ2) is 5.53. The monoisotopic (exact) mass is 312 g/mol. The normalized spacial score (nSPS) is 10.6. The van der Waals surface area contributed by atoms with E-state index >= 15 is 0 Å². The average molecular weight is 312 g/mol. The number of nitrogens with zero attached hydrogens (tertiary/aromatic N) is 2. The summed E-state index contributed by atoms with van der Waals surface area (Å²) in [5.41, 5.74) is 8.05. The number of rotatable bonds is 3. The molecule has 1 aromatic carbocycles. The number of hydrogen-bond donors (Lipinski definition) is 2. The number of carbonyl (C=O) groups is 2. The smallest absolute Gasteiger partial charge is 0.248 e. The maximum atomic E-state index is 11.1. The minimum atomic E-state index is -0.461. The van der Waals surface area contributed by atoms with Crippen LogP contribution in [0.1, 0.15) is 17.3 Å². The molecule has 0 atom stereocenters. The largest absolute Gasteiger partial charge is 0.366 e. The van der Waals surface area contributed by atoms with E-state index < -0.39 is 5.91 Å². The number of fused-ring (bicyclic) bond motifs is 1. The maximum Gasteiger partial charge on any atom is 0.248 e. The van der Waals surface area contributed by atoms with E-state index in [0.29, 0.717) is 10.7 Å². The fourth-order valence-corrected chi connectivity index (χ4v) is 2.87. The van der Waals surface area contributed by atoms with Crippen molar-refractivity contribution in [2.24, 2.45) is 5.73 Å². The molecule has 2 heterocycles. The van der Waals surface area contributed by atoms with E-state index in [9.17, 15) is 9.59 Å². The molecule has 3 N–H and O–H groups in total. The van der Waals surface area contributed by atoms with Crippen LogP contribution in [0.3, 0.4) is 0 Å². The number of anilines is 1. The van der Waals surface area contributed by atoms with Gasteiger partial charge >= 0.3 is 0 Å². The lowest BCUT2D eigenvalue weighted by Crippen LogP contribution is -2.10. The van der Waals surface area contributed by atoms with Gasteiger partial charge in [0.1, 0.15) is 10.3 Å². The SMILES string of the molecule is CC(=O)Nc1nc2ccc(-c3ccc(C(N)=O)cc3)nc2s1. The van der Waals surface area contributed by atoms with Crippen molar-refractivity contribution in [3.05, 3.63) is 42.0 Å². The van der Waals surface area contributed by atoms with Crippen LogP contribution in [-0.4, -0.2) is 21.8 Å². The Bertz CT molecular complexity index is 871. The standard InChI is InChI=1S/C15H12N4O2S/c1-8(20)17-15-19-12-7-6-11(18-14(12)22-15)9-2-4-10(5-3-9)13(16)21/h2-7H,1H3,(H2,16,21)(H,17,19,20). The molecule has 0 saturated carbocycles. The Kier molecular flexibility index (Phi) is 3.56. The van der Waals surface area contributed by atoms with Gasteiger partial charge < -0.3 is 11.1 Å². The molecule has 110 valence electrons. The number of amides is 2. The molecule has 0 aliphatic rings. The summed E-state index contributed by atoms with van der Waals surface area (Å²) in [4.78, 5) is 31.7. The Labute approximate surface area is 130 Å². The highest BCUT2D eigenvalue weighted by molar-refractivity contribution is 7.21. The number of thiazole rings is 1. The zero-order valence-electron chi connectivity index (χ0n) is 11.7. The van der Waals surface area contributed by atoms with Gasteiger partial charge in [-0.15, -0.1) is 0 Å². The van der Waals surface area contributed by atoms with Crippen molar-refractivity contribution in [1.29, 1.82) is 0 Å². The van der Waals surface area contributed by atoms with Gasteiger partial charge in [-0.2, -0.15) is 0 Å². The van der Waals surface area contributed by atoms with Crippen LogP contribution < -0.4 is 11.1 Å². The molecule has 0 radical (unpaired) electrons. The molecule has 3 aromatic rings. The van der Waals surface area contributed by atoms with E-state index in [0.717, 1.165) is 21.6 Å². The highest BCUT2D eigenvalue weighted by Gasteiger charge is 2.09. The molecule has 6 nitrogen and oxygen atoms in total. The van der Waals surface area contributed by atoms with Crippen LogP contribution in [0.15, 0.2) is 36.4 Å². The zero-order valence-corrected chi connectivity index (χ0v) is 12.5. The van der Waals surface area contributed by atoms with E-state index in [1.165, 1.54) is 18.3 Å². The summed E-state index contributed by atoms with van der Waals surface area (Å²) in [5, 5.41) is 3.17. The summed E-state index contributed by atoms with van der Waals surface area (Å²) < 4.78 is 0. The maximum absolute atomic E-state index is 11.1. The van der Waals surface area contributed by atoms with Gasteiger partial charge in [0.05, 0.1) is 5.69 Å². The summed E-state index contributed by atoms with van der Waals surface area (Å²) in [7, 11) is 0. The lowest BCUT2D eigenvalue weighted by molar-refractivity contribution is -0.114. The number of aromatic nitrogens is 2. The van der Waals surface area contributed by atoms with Crippen molar-refractivity contribution < 1.29 is 9.59 Å². The van der Waals surface area contributed by atoms with Gasteiger partial charge in [0.25, 0.3) is 0 Å². The summed E-state index contributed by atoms with van der Waals surface area (Å²) >= 11 is 1.31. The van der Waals surface area contributed by atoms with Crippen molar-refractivity contribution in [2.75, 3.05) is 5.32 Å². The van der Waals surface area contributed by atoms with Crippen LogP contribution in [0, 0.1) is 0 Å².